The van der Waals surface area contributed by atoms with Crippen LogP contribution in [0.1, 0.15) is 23.4 Å². The van der Waals surface area contributed by atoms with Crippen molar-refractivity contribution in [2.45, 2.75) is 26.4 Å². The van der Waals surface area contributed by atoms with Gasteiger partial charge in [0.05, 0.1) is 0 Å². The molecule has 2 heterocycles. The number of amides is 1. The van der Waals surface area contributed by atoms with E-state index in [0.717, 1.165) is 5.56 Å². The molecule has 0 atom stereocenters. The monoisotopic (exact) mass is 475 g/mol. The quantitative estimate of drug-likeness (QED) is 0.380. The number of hydrogen-bond acceptors (Lipinski definition) is 7. The minimum Gasteiger partial charge on any atom is -0.489 e. The normalized spacial score (nSPS) is 11.9. The van der Waals surface area contributed by atoms with Crippen molar-refractivity contribution >= 4 is 11.6 Å². The highest BCUT2D eigenvalue weighted by atomic mass is 19.1. The number of benzene rings is 3. The van der Waals surface area contributed by atoms with Gasteiger partial charge in [0, 0.05) is 30.2 Å². The standard InChI is InChI=1S/C26H22FN3O5/c1-16-5-6-18(12-21(16)27)26-29-25(35-30-26)10-9-24(31)28-19-4-2-3-17(11-19)14-32-20-7-8-22-23(13-20)34-15-33-22/h2-8,11-13H,9-10,14-15H2,1H3,(H,28,31). The van der Waals surface area contributed by atoms with Crippen molar-refractivity contribution in [2.24, 2.45) is 0 Å². The van der Waals surface area contributed by atoms with Crippen molar-refractivity contribution in [1.29, 1.82) is 0 Å². The van der Waals surface area contributed by atoms with Gasteiger partial charge in [-0.1, -0.05) is 29.4 Å². The largest absolute Gasteiger partial charge is 0.489 e. The van der Waals surface area contributed by atoms with Crippen LogP contribution >= 0.6 is 0 Å². The number of rotatable bonds is 8. The molecule has 178 valence electrons. The molecule has 8 nitrogen and oxygen atoms in total. The Bertz CT molecular complexity index is 1370. The Morgan fingerprint density at radius 3 is 2.86 bits per heavy atom. The van der Waals surface area contributed by atoms with Crippen molar-refractivity contribution in [3.8, 4) is 28.6 Å². The van der Waals surface area contributed by atoms with Crippen molar-refractivity contribution in [1.82, 2.24) is 10.1 Å². The second-order valence-corrected chi connectivity index (χ2v) is 8.03. The van der Waals surface area contributed by atoms with Crippen LogP contribution in [0.3, 0.4) is 0 Å². The fourth-order valence-corrected chi connectivity index (χ4v) is 3.52. The van der Waals surface area contributed by atoms with Crippen LogP contribution in [0.4, 0.5) is 10.1 Å². The van der Waals surface area contributed by atoms with Gasteiger partial charge < -0.3 is 24.1 Å². The van der Waals surface area contributed by atoms with Gasteiger partial charge >= 0.3 is 0 Å². The van der Waals surface area contributed by atoms with E-state index < -0.39 is 0 Å². The summed E-state index contributed by atoms with van der Waals surface area (Å²) in [6.07, 6.45) is 0.419. The number of anilines is 1. The molecule has 5 rings (SSSR count). The number of hydrogen-bond donors (Lipinski definition) is 1. The molecule has 9 heteroatoms. The van der Waals surface area contributed by atoms with Gasteiger partial charge in [-0.25, -0.2) is 4.39 Å². The molecule has 1 aliphatic heterocycles. The Kier molecular flexibility index (Phi) is 6.30. The lowest BCUT2D eigenvalue weighted by Gasteiger charge is -2.09. The first kappa shape index (κ1) is 22.4. The van der Waals surface area contributed by atoms with Crippen LogP contribution in [0.15, 0.2) is 65.2 Å². The van der Waals surface area contributed by atoms with E-state index in [4.69, 9.17) is 18.7 Å². The molecule has 0 saturated carbocycles. The third-order valence-electron chi connectivity index (χ3n) is 5.42. The van der Waals surface area contributed by atoms with E-state index in [9.17, 15) is 9.18 Å². The molecule has 4 aromatic rings. The zero-order chi connectivity index (χ0) is 24.2. The Balaban J connectivity index is 1.13. The van der Waals surface area contributed by atoms with E-state index in [0.29, 0.717) is 46.6 Å². The number of carbonyl (C=O) groups is 1. The first-order valence-electron chi connectivity index (χ1n) is 11.0. The molecule has 0 saturated heterocycles. The number of halogens is 1. The van der Waals surface area contributed by atoms with E-state index in [1.807, 2.05) is 24.3 Å². The number of aryl methyl sites for hydroxylation is 2. The van der Waals surface area contributed by atoms with Gasteiger partial charge in [0.1, 0.15) is 18.2 Å². The number of nitrogens with one attached hydrogen (secondary N) is 1. The van der Waals surface area contributed by atoms with Crippen LogP contribution < -0.4 is 19.5 Å². The highest BCUT2D eigenvalue weighted by Gasteiger charge is 2.14. The lowest BCUT2D eigenvalue weighted by molar-refractivity contribution is -0.116. The maximum absolute atomic E-state index is 13.8. The van der Waals surface area contributed by atoms with Gasteiger partial charge in [-0.3, -0.25) is 4.79 Å². The molecule has 1 aliphatic rings. The molecule has 0 bridgehead atoms. The summed E-state index contributed by atoms with van der Waals surface area (Å²) < 4.78 is 35.5. The summed E-state index contributed by atoms with van der Waals surface area (Å²) in [5.41, 5.74) is 2.61. The van der Waals surface area contributed by atoms with Crippen LogP contribution in [0.2, 0.25) is 0 Å². The molecule has 3 aromatic carbocycles. The summed E-state index contributed by atoms with van der Waals surface area (Å²) in [6.45, 7) is 2.22. The maximum atomic E-state index is 13.8. The molecule has 0 radical (unpaired) electrons. The Morgan fingerprint density at radius 2 is 1.97 bits per heavy atom. The van der Waals surface area contributed by atoms with E-state index in [1.54, 1.807) is 37.3 Å². The highest BCUT2D eigenvalue weighted by molar-refractivity contribution is 5.90. The molecular formula is C26H22FN3O5. The minimum atomic E-state index is -0.336. The highest BCUT2D eigenvalue weighted by Crippen LogP contribution is 2.35. The zero-order valence-corrected chi connectivity index (χ0v) is 18.9. The lowest BCUT2D eigenvalue weighted by Crippen LogP contribution is -2.12. The van der Waals surface area contributed by atoms with Crippen LogP contribution in [0, 0.1) is 12.7 Å². The molecule has 0 unspecified atom stereocenters. The molecule has 35 heavy (non-hydrogen) atoms. The fraction of sp³-hybridized carbons (Fsp3) is 0.192. The van der Waals surface area contributed by atoms with E-state index in [2.05, 4.69) is 15.5 Å². The zero-order valence-electron chi connectivity index (χ0n) is 18.9. The van der Waals surface area contributed by atoms with Crippen molar-refractivity contribution in [3.05, 3.63) is 83.5 Å². The van der Waals surface area contributed by atoms with Crippen molar-refractivity contribution < 1.29 is 27.9 Å². The molecule has 1 N–H and O–H groups in total. The van der Waals surface area contributed by atoms with E-state index in [1.165, 1.54) is 6.07 Å². The Labute approximate surface area is 200 Å². The van der Waals surface area contributed by atoms with E-state index in [-0.39, 0.29) is 37.2 Å². The second-order valence-electron chi connectivity index (χ2n) is 8.03. The van der Waals surface area contributed by atoms with Crippen molar-refractivity contribution in [3.63, 3.8) is 0 Å². The second kappa shape index (κ2) is 9.84. The Morgan fingerprint density at radius 1 is 1.09 bits per heavy atom. The van der Waals surface area contributed by atoms with E-state index >= 15 is 0 Å². The number of ether oxygens (including phenoxy) is 3. The predicted molar refractivity (Wildman–Crippen MR) is 125 cm³/mol. The average molecular weight is 475 g/mol. The van der Waals surface area contributed by atoms with Gasteiger partial charge in [0.2, 0.25) is 24.4 Å². The SMILES string of the molecule is Cc1ccc(-c2noc(CCC(=O)Nc3cccc(COc4ccc5c(c4)OCO5)c3)n2)cc1F. The fourth-order valence-electron chi connectivity index (χ4n) is 3.52. The van der Waals surface area contributed by atoms with Crippen LogP contribution in [-0.4, -0.2) is 22.8 Å². The predicted octanol–water partition coefficient (Wildman–Crippen LogP) is 5.06. The third-order valence-corrected chi connectivity index (χ3v) is 5.42. The topological polar surface area (TPSA) is 95.7 Å². The Hall–Kier alpha value is -4.40. The number of nitrogens with zero attached hydrogens (tertiary/aromatic N) is 2. The van der Waals surface area contributed by atoms with Crippen LogP contribution in [0.25, 0.3) is 11.4 Å². The summed E-state index contributed by atoms with van der Waals surface area (Å²) in [5.74, 6) is 2.08. The van der Waals surface area contributed by atoms with Crippen LogP contribution in [-0.2, 0) is 17.8 Å². The minimum absolute atomic E-state index is 0.155. The lowest BCUT2D eigenvalue weighted by atomic mass is 10.1. The van der Waals surface area contributed by atoms with Crippen LogP contribution in [0.5, 0.6) is 17.2 Å². The van der Waals surface area contributed by atoms with Gasteiger partial charge in [0.25, 0.3) is 0 Å². The molecule has 1 aromatic heterocycles. The smallest absolute Gasteiger partial charge is 0.231 e. The molecule has 0 aliphatic carbocycles. The van der Waals surface area contributed by atoms with Gasteiger partial charge in [-0.15, -0.1) is 0 Å². The summed E-state index contributed by atoms with van der Waals surface area (Å²) in [7, 11) is 0. The summed E-state index contributed by atoms with van der Waals surface area (Å²) in [6, 6.07) is 17.6. The third kappa shape index (κ3) is 5.40. The maximum Gasteiger partial charge on any atom is 0.231 e. The first-order chi connectivity index (χ1) is 17.0. The average Bonchev–Trinajstić information content (AvgIpc) is 3.53. The number of carbonyl (C=O) groups excluding carboxylic acids is 1. The summed E-state index contributed by atoms with van der Waals surface area (Å²) in [5, 5.41) is 6.75. The molecule has 0 fully saturated rings. The summed E-state index contributed by atoms with van der Waals surface area (Å²) >= 11 is 0. The van der Waals surface area contributed by atoms with Gasteiger partial charge in [-0.05, 0) is 48.4 Å². The van der Waals surface area contributed by atoms with Crippen molar-refractivity contribution in [2.75, 3.05) is 12.1 Å². The molecular weight excluding hydrogens is 453 g/mol. The number of fused-ring (bicyclic) bond motifs is 1. The molecule has 0 spiro atoms. The first-order valence-corrected chi connectivity index (χ1v) is 11.0. The van der Waals surface area contributed by atoms with Gasteiger partial charge in [-0.2, -0.15) is 4.98 Å². The summed E-state index contributed by atoms with van der Waals surface area (Å²) in [4.78, 5) is 16.7. The molecule has 1 amide bonds. The van der Waals surface area contributed by atoms with Gasteiger partial charge in [0.15, 0.2) is 11.5 Å². The number of aromatic nitrogens is 2.